The van der Waals surface area contributed by atoms with Gasteiger partial charge in [0.2, 0.25) is 11.8 Å². The minimum Gasteiger partial charge on any atom is -0.423 e. The number of nitrogens with zero attached hydrogens (tertiary/aromatic N) is 3. The number of aryl methyl sites for hydroxylation is 1. The molecule has 0 bridgehead atoms. The molecule has 0 radical (unpaired) electrons. The first-order chi connectivity index (χ1) is 11.8. The monoisotopic (exact) mass is 347 g/mol. The van der Waals surface area contributed by atoms with Crippen molar-refractivity contribution in [3.8, 4) is 0 Å². The Hall–Kier alpha value is -1.24. The third-order valence-corrected chi connectivity index (χ3v) is 6.07. The number of thiophene rings is 1. The molecule has 1 atom stereocenters. The third kappa shape index (κ3) is 3.55. The van der Waals surface area contributed by atoms with Gasteiger partial charge in [-0.25, -0.2) is 0 Å². The van der Waals surface area contributed by atoms with Crippen molar-refractivity contribution in [1.82, 2.24) is 15.1 Å². The lowest BCUT2D eigenvalue weighted by Crippen LogP contribution is -2.32. The second kappa shape index (κ2) is 7.33. The van der Waals surface area contributed by atoms with E-state index >= 15 is 0 Å². The van der Waals surface area contributed by atoms with Crippen molar-refractivity contribution in [3.63, 3.8) is 0 Å². The van der Waals surface area contributed by atoms with Crippen LogP contribution in [0.3, 0.4) is 0 Å². The summed E-state index contributed by atoms with van der Waals surface area (Å²) in [7, 11) is 0. The third-order valence-electron chi connectivity index (χ3n) is 5.08. The fraction of sp³-hybridized carbons (Fsp3) is 0.667. The Morgan fingerprint density at radius 2 is 1.96 bits per heavy atom. The topological polar surface area (TPSA) is 51.4 Å². The van der Waals surface area contributed by atoms with Gasteiger partial charge in [0, 0.05) is 35.4 Å². The van der Waals surface area contributed by atoms with Gasteiger partial charge in [0.05, 0.1) is 6.04 Å². The molecule has 4 heterocycles. The second-order valence-corrected chi connectivity index (χ2v) is 8.23. The molecule has 0 unspecified atom stereocenters. The maximum absolute atomic E-state index is 6.12. The second-order valence-electron chi connectivity index (χ2n) is 6.86. The molecule has 2 aliphatic heterocycles. The number of ether oxygens (including phenoxy) is 1. The van der Waals surface area contributed by atoms with Crippen LogP contribution in [0.25, 0.3) is 0 Å². The van der Waals surface area contributed by atoms with Gasteiger partial charge in [-0.2, -0.15) is 0 Å². The molecule has 0 aliphatic carbocycles. The number of rotatable bonds is 4. The lowest BCUT2D eigenvalue weighted by atomic mass is 10.0. The quantitative estimate of drug-likeness (QED) is 0.835. The fourth-order valence-corrected chi connectivity index (χ4v) is 4.64. The van der Waals surface area contributed by atoms with Crippen molar-refractivity contribution >= 4 is 11.3 Å². The van der Waals surface area contributed by atoms with Gasteiger partial charge in [-0.1, -0.05) is 6.42 Å². The van der Waals surface area contributed by atoms with Crippen LogP contribution in [-0.2, 0) is 11.3 Å². The average Bonchev–Trinajstić information content (AvgIpc) is 3.26. The molecule has 0 N–H and O–H groups in total. The Bertz CT molecular complexity index is 663. The van der Waals surface area contributed by atoms with E-state index in [2.05, 4.69) is 34.2 Å². The van der Waals surface area contributed by atoms with Crippen molar-refractivity contribution in [1.29, 1.82) is 0 Å². The molecule has 0 spiro atoms. The van der Waals surface area contributed by atoms with Gasteiger partial charge in [-0.05, 0) is 51.3 Å². The van der Waals surface area contributed by atoms with E-state index in [9.17, 15) is 0 Å². The normalized spacial score (nSPS) is 23.6. The van der Waals surface area contributed by atoms with E-state index in [0.717, 1.165) is 57.3 Å². The molecule has 0 aromatic carbocycles. The molecular formula is C18H25N3O2S. The summed E-state index contributed by atoms with van der Waals surface area (Å²) in [6.45, 7) is 5.86. The molecule has 4 rings (SSSR count). The van der Waals surface area contributed by atoms with E-state index in [1.165, 1.54) is 22.6 Å². The van der Waals surface area contributed by atoms with Crippen molar-refractivity contribution in [2.45, 2.75) is 57.5 Å². The molecule has 2 aromatic heterocycles. The van der Waals surface area contributed by atoms with Gasteiger partial charge in [-0.15, -0.1) is 21.5 Å². The number of hydrogen-bond acceptors (Lipinski definition) is 6. The lowest BCUT2D eigenvalue weighted by Gasteiger charge is -2.33. The number of piperidine rings is 1. The van der Waals surface area contributed by atoms with E-state index < -0.39 is 0 Å². The zero-order valence-corrected chi connectivity index (χ0v) is 15.1. The summed E-state index contributed by atoms with van der Waals surface area (Å²) in [4.78, 5) is 5.30. The Balaban J connectivity index is 1.49. The van der Waals surface area contributed by atoms with Crippen LogP contribution in [0.2, 0.25) is 0 Å². The molecule has 2 saturated heterocycles. The lowest BCUT2D eigenvalue weighted by molar-refractivity contribution is 0.0768. The first-order valence-corrected chi connectivity index (χ1v) is 9.81. The SMILES string of the molecule is Cc1ccc(CN2CCCC[C@@H]2c2nnc(C3CCOCC3)o2)s1. The smallest absolute Gasteiger partial charge is 0.233 e. The van der Waals surface area contributed by atoms with Gasteiger partial charge in [0.1, 0.15) is 0 Å². The molecule has 2 aromatic rings. The summed E-state index contributed by atoms with van der Waals surface area (Å²) in [5.41, 5.74) is 0. The highest BCUT2D eigenvalue weighted by atomic mass is 32.1. The zero-order valence-electron chi connectivity index (χ0n) is 14.2. The van der Waals surface area contributed by atoms with Crippen LogP contribution in [0.5, 0.6) is 0 Å². The number of likely N-dealkylation sites (tertiary alicyclic amines) is 1. The molecule has 0 saturated carbocycles. The van der Waals surface area contributed by atoms with Crippen molar-refractivity contribution in [2.75, 3.05) is 19.8 Å². The predicted molar refractivity (Wildman–Crippen MR) is 93.2 cm³/mol. The summed E-state index contributed by atoms with van der Waals surface area (Å²) in [6, 6.07) is 4.71. The van der Waals surface area contributed by atoms with Gasteiger partial charge in [0.25, 0.3) is 0 Å². The minimum atomic E-state index is 0.266. The van der Waals surface area contributed by atoms with Crippen LogP contribution in [0, 0.1) is 6.92 Å². The maximum atomic E-state index is 6.12. The first kappa shape index (κ1) is 16.2. The van der Waals surface area contributed by atoms with E-state index in [-0.39, 0.29) is 6.04 Å². The van der Waals surface area contributed by atoms with E-state index in [0.29, 0.717) is 5.92 Å². The minimum absolute atomic E-state index is 0.266. The molecule has 0 amide bonds. The van der Waals surface area contributed by atoms with Crippen molar-refractivity contribution < 1.29 is 9.15 Å². The Labute approximate surface area is 147 Å². The Morgan fingerprint density at radius 3 is 2.75 bits per heavy atom. The first-order valence-electron chi connectivity index (χ1n) is 9.00. The molecule has 5 nitrogen and oxygen atoms in total. The maximum Gasteiger partial charge on any atom is 0.233 e. The summed E-state index contributed by atoms with van der Waals surface area (Å²) >= 11 is 1.88. The predicted octanol–water partition coefficient (Wildman–Crippen LogP) is 4.06. The van der Waals surface area contributed by atoms with Crippen LogP contribution in [0.15, 0.2) is 16.5 Å². The van der Waals surface area contributed by atoms with Crippen molar-refractivity contribution in [2.24, 2.45) is 0 Å². The zero-order chi connectivity index (χ0) is 16.4. The fourth-order valence-electron chi connectivity index (χ4n) is 3.72. The van der Waals surface area contributed by atoms with E-state index in [4.69, 9.17) is 9.15 Å². The van der Waals surface area contributed by atoms with Crippen LogP contribution >= 0.6 is 11.3 Å². The Kier molecular flexibility index (Phi) is 4.96. The number of aromatic nitrogens is 2. The van der Waals surface area contributed by atoms with Gasteiger partial charge in [-0.3, -0.25) is 4.90 Å². The molecule has 2 aliphatic rings. The largest absolute Gasteiger partial charge is 0.423 e. The van der Waals surface area contributed by atoms with E-state index in [1.54, 1.807) is 0 Å². The van der Waals surface area contributed by atoms with Crippen molar-refractivity contribution in [3.05, 3.63) is 33.7 Å². The van der Waals surface area contributed by atoms with Gasteiger partial charge >= 0.3 is 0 Å². The van der Waals surface area contributed by atoms with Crippen LogP contribution in [-0.4, -0.2) is 34.9 Å². The Morgan fingerprint density at radius 1 is 1.12 bits per heavy atom. The molecule has 130 valence electrons. The highest BCUT2D eigenvalue weighted by molar-refractivity contribution is 7.11. The number of hydrogen-bond donors (Lipinski definition) is 0. The van der Waals surface area contributed by atoms with Crippen LogP contribution < -0.4 is 0 Å². The summed E-state index contributed by atoms with van der Waals surface area (Å²) in [5.74, 6) is 1.99. The molecule has 24 heavy (non-hydrogen) atoms. The van der Waals surface area contributed by atoms with Crippen LogP contribution in [0.4, 0.5) is 0 Å². The molecule has 6 heteroatoms. The molecular weight excluding hydrogens is 322 g/mol. The average molecular weight is 347 g/mol. The summed E-state index contributed by atoms with van der Waals surface area (Å²) < 4.78 is 11.6. The molecule has 2 fully saturated rings. The highest BCUT2D eigenvalue weighted by Crippen LogP contribution is 2.34. The standard InChI is InChI=1S/C18H25N3O2S/c1-13-5-6-15(24-13)12-21-9-3-2-4-16(21)18-20-19-17(23-18)14-7-10-22-11-8-14/h5-6,14,16H,2-4,7-12H2,1H3/t16-/m1/s1. The summed E-state index contributed by atoms with van der Waals surface area (Å²) in [6.07, 6.45) is 5.58. The summed E-state index contributed by atoms with van der Waals surface area (Å²) in [5, 5.41) is 8.78. The van der Waals surface area contributed by atoms with Crippen LogP contribution in [0.1, 0.15) is 65.6 Å². The van der Waals surface area contributed by atoms with E-state index in [1.807, 2.05) is 11.3 Å². The van der Waals surface area contributed by atoms with Gasteiger partial charge in [0.15, 0.2) is 0 Å². The van der Waals surface area contributed by atoms with Gasteiger partial charge < -0.3 is 9.15 Å². The highest BCUT2D eigenvalue weighted by Gasteiger charge is 2.30.